The van der Waals surface area contributed by atoms with E-state index in [2.05, 4.69) is 6.92 Å². The zero-order valence-corrected chi connectivity index (χ0v) is 12.5. The summed E-state index contributed by atoms with van der Waals surface area (Å²) in [5.41, 5.74) is 0. The lowest BCUT2D eigenvalue weighted by atomic mass is 9.56. The van der Waals surface area contributed by atoms with Crippen LogP contribution in [-0.2, 0) is 8.85 Å². The van der Waals surface area contributed by atoms with Crippen molar-refractivity contribution in [3.05, 3.63) is 0 Å². The van der Waals surface area contributed by atoms with Crippen LogP contribution in [0.2, 0.25) is 11.1 Å². The Labute approximate surface area is 106 Å². The smallest absolute Gasteiger partial charge is 0.343 e. The van der Waals surface area contributed by atoms with Crippen LogP contribution in [0.5, 0.6) is 0 Å². The van der Waals surface area contributed by atoms with Crippen molar-refractivity contribution in [3.8, 4) is 0 Å². The summed E-state index contributed by atoms with van der Waals surface area (Å²) < 4.78 is 12.1. The highest BCUT2D eigenvalue weighted by molar-refractivity contribution is 6.70. The van der Waals surface area contributed by atoms with Gasteiger partial charge >= 0.3 is 8.56 Å². The van der Waals surface area contributed by atoms with Crippen molar-refractivity contribution in [2.75, 3.05) is 14.2 Å². The molecule has 0 unspecified atom stereocenters. The highest BCUT2D eigenvalue weighted by Gasteiger charge is 2.63. The van der Waals surface area contributed by atoms with E-state index in [1.807, 2.05) is 14.2 Å². The molecule has 4 rings (SSSR count). The third-order valence-electron chi connectivity index (χ3n) is 5.97. The Kier molecular flexibility index (Phi) is 2.92. The van der Waals surface area contributed by atoms with E-state index in [0.29, 0.717) is 5.04 Å². The van der Waals surface area contributed by atoms with Crippen LogP contribution in [-0.4, -0.2) is 22.8 Å². The SMILES string of the molecule is CC[Si](OC)(OC)C12CC3CC(CC(C3)C1)C2. The lowest BCUT2D eigenvalue weighted by Crippen LogP contribution is -2.59. The zero-order valence-electron chi connectivity index (χ0n) is 11.5. The first-order valence-corrected chi connectivity index (χ1v) is 9.29. The average Bonchev–Trinajstić information content (AvgIpc) is 2.29. The van der Waals surface area contributed by atoms with Gasteiger partial charge in [-0.3, -0.25) is 0 Å². The lowest BCUT2D eigenvalue weighted by Gasteiger charge is -2.61. The molecule has 0 aromatic carbocycles. The van der Waals surface area contributed by atoms with Crippen molar-refractivity contribution in [2.45, 2.75) is 56.5 Å². The summed E-state index contributed by atoms with van der Waals surface area (Å²) in [6, 6.07) is 1.12. The Morgan fingerprint density at radius 1 is 0.941 bits per heavy atom. The van der Waals surface area contributed by atoms with Crippen LogP contribution >= 0.6 is 0 Å². The van der Waals surface area contributed by atoms with Gasteiger partial charge in [-0.25, -0.2) is 0 Å². The van der Waals surface area contributed by atoms with Gasteiger partial charge in [0.25, 0.3) is 0 Å². The molecule has 98 valence electrons. The number of rotatable bonds is 4. The summed E-state index contributed by atoms with van der Waals surface area (Å²) >= 11 is 0. The summed E-state index contributed by atoms with van der Waals surface area (Å²) in [4.78, 5) is 0. The lowest BCUT2D eigenvalue weighted by molar-refractivity contribution is 0.00174. The highest BCUT2D eigenvalue weighted by Crippen LogP contribution is 2.68. The molecule has 2 nitrogen and oxygen atoms in total. The summed E-state index contributed by atoms with van der Waals surface area (Å²) in [7, 11) is 1.83. The van der Waals surface area contributed by atoms with E-state index >= 15 is 0 Å². The van der Waals surface area contributed by atoms with Gasteiger partial charge in [-0.2, -0.15) is 0 Å². The molecule has 0 saturated heterocycles. The van der Waals surface area contributed by atoms with Crippen LogP contribution < -0.4 is 0 Å². The third kappa shape index (κ3) is 1.58. The molecule has 0 spiro atoms. The normalized spacial score (nSPS) is 44.3. The van der Waals surface area contributed by atoms with Crippen molar-refractivity contribution in [1.82, 2.24) is 0 Å². The van der Waals surface area contributed by atoms with E-state index < -0.39 is 8.56 Å². The second-order valence-corrected chi connectivity index (χ2v) is 10.8. The van der Waals surface area contributed by atoms with Crippen LogP contribution in [0, 0.1) is 17.8 Å². The summed E-state index contributed by atoms with van der Waals surface area (Å²) in [5, 5.41) is 0.458. The van der Waals surface area contributed by atoms with Crippen molar-refractivity contribution in [2.24, 2.45) is 17.8 Å². The summed E-state index contributed by atoms with van der Waals surface area (Å²) in [6.07, 6.45) is 8.71. The Bertz CT molecular complexity index is 255. The molecular formula is C14H26O2Si. The minimum absolute atomic E-state index is 0.458. The molecule has 4 bridgehead atoms. The largest absolute Gasteiger partial charge is 0.397 e. The standard InChI is InChI=1S/C14H26O2Si/c1-4-17(15-2,16-3)14-8-11-5-12(9-14)7-13(6-11)10-14/h11-13H,4-10H2,1-3H3. The van der Waals surface area contributed by atoms with E-state index in [4.69, 9.17) is 8.85 Å². The predicted molar refractivity (Wildman–Crippen MR) is 71.1 cm³/mol. The minimum Gasteiger partial charge on any atom is -0.397 e. The van der Waals surface area contributed by atoms with Gasteiger partial charge in [-0.15, -0.1) is 0 Å². The molecule has 4 fully saturated rings. The van der Waals surface area contributed by atoms with Gasteiger partial charge in [0.1, 0.15) is 0 Å². The monoisotopic (exact) mass is 254 g/mol. The molecule has 0 atom stereocenters. The van der Waals surface area contributed by atoms with Gasteiger partial charge in [-0.1, -0.05) is 6.92 Å². The van der Waals surface area contributed by atoms with Crippen molar-refractivity contribution < 1.29 is 8.85 Å². The fraction of sp³-hybridized carbons (Fsp3) is 1.00. The molecule has 4 aliphatic rings. The summed E-state index contributed by atoms with van der Waals surface area (Å²) in [6.45, 7) is 2.28. The van der Waals surface area contributed by atoms with Gasteiger partial charge < -0.3 is 8.85 Å². The maximum Gasteiger partial charge on any atom is 0.343 e. The Hall–Kier alpha value is 0.137. The quantitative estimate of drug-likeness (QED) is 0.712. The van der Waals surface area contributed by atoms with Gasteiger partial charge in [0.2, 0.25) is 0 Å². The Morgan fingerprint density at radius 2 is 1.35 bits per heavy atom. The van der Waals surface area contributed by atoms with Crippen molar-refractivity contribution in [1.29, 1.82) is 0 Å². The van der Waals surface area contributed by atoms with Gasteiger partial charge in [-0.05, 0) is 62.3 Å². The minimum atomic E-state index is -1.97. The van der Waals surface area contributed by atoms with E-state index in [1.165, 1.54) is 38.5 Å². The Morgan fingerprint density at radius 3 is 1.65 bits per heavy atom. The second-order valence-electron chi connectivity index (χ2n) is 6.71. The predicted octanol–water partition coefficient (Wildman–Crippen LogP) is 3.71. The molecule has 4 saturated carbocycles. The fourth-order valence-electron chi connectivity index (χ4n) is 5.76. The van der Waals surface area contributed by atoms with Gasteiger partial charge in [0.05, 0.1) is 0 Å². The number of hydrogen-bond donors (Lipinski definition) is 0. The Balaban J connectivity index is 1.95. The molecule has 4 aliphatic carbocycles. The van der Waals surface area contributed by atoms with E-state index in [0.717, 1.165) is 23.8 Å². The van der Waals surface area contributed by atoms with E-state index in [-0.39, 0.29) is 0 Å². The number of hydrogen-bond acceptors (Lipinski definition) is 2. The van der Waals surface area contributed by atoms with Crippen molar-refractivity contribution >= 4 is 8.56 Å². The first-order valence-electron chi connectivity index (χ1n) is 7.27. The zero-order chi connectivity index (χ0) is 12.1. The van der Waals surface area contributed by atoms with Crippen LogP contribution in [0.25, 0.3) is 0 Å². The molecule has 17 heavy (non-hydrogen) atoms. The second kappa shape index (κ2) is 4.07. The molecule has 0 aromatic rings. The molecule has 0 heterocycles. The maximum atomic E-state index is 6.04. The molecule has 0 aromatic heterocycles. The van der Waals surface area contributed by atoms with E-state index in [1.54, 1.807) is 0 Å². The first kappa shape index (κ1) is 12.2. The van der Waals surface area contributed by atoms with Crippen LogP contribution in [0.15, 0.2) is 0 Å². The highest BCUT2D eigenvalue weighted by atomic mass is 28.4. The van der Waals surface area contributed by atoms with Crippen LogP contribution in [0.4, 0.5) is 0 Å². The van der Waals surface area contributed by atoms with Crippen LogP contribution in [0.3, 0.4) is 0 Å². The topological polar surface area (TPSA) is 18.5 Å². The van der Waals surface area contributed by atoms with E-state index in [9.17, 15) is 0 Å². The molecular weight excluding hydrogens is 228 g/mol. The summed E-state index contributed by atoms with van der Waals surface area (Å²) in [5.74, 6) is 2.97. The molecule has 0 aliphatic heterocycles. The van der Waals surface area contributed by atoms with Crippen molar-refractivity contribution in [3.63, 3.8) is 0 Å². The fourth-order valence-corrected chi connectivity index (χ4v) is 9.92. The molecule has 0 radical (unpaired) electrons. The molecule has 0 amide bonds. The first-order chi connectivity index (χ1) is 8.17. The molecule has 3 heteroatoms. The van der Waals surface area contributed by atoms with Gasteiger partial charge in [0.15, 0.2) is 0 Å². The average molecular weight is 254 g/mol. The third-order valence-corrected chi connectivity index (χ3v) is 10.4. The maximum absolute atomic E-state index is 6.04. The molecule has 0 N–H and O–H groups in total. The van der Waals surface area contributed by atoms with Gasteiger partial charge in [0, 0.05) is 19.3 Å². The van der Waals surface area contributed by atoms with Crippen LogP contribution in [0.1, 0.15) is 45.4 Å².